The number of carboxylic acids is 1. The van der Waals surface area contributed by atoms with E-state index in [1.54, 1.807) is 83.8 Å². The van der Waals surface area contributed by atoms with Gasteiger partial charge in [-0.1, -0.05) is 108 Å². The van der Waals surface area contributed by atoms with Crippen molar-refractivity contribution in [3.63, 3.8) is 0 Å². The zero-order valence-corrected chi connectivity index (χ0v) is 53.1. The Hall–Kier alpha value is -9.51. The van der Waals surface area contributed by atoms with Crippen molar-refractivity contribution in [2.24, 2.45) is 18.1 Å². The van der Waals surface area contributed by atoms with Gasteiger partial charge in [-0.15, -0.1) is 21.1 Å². The highest BCUT2D eigenvalue weighted by Crippen LogP contribution is 2.46. The van der Waals surface area contributed by atoms with E-state index in [4.69, 9.17) is 39.4 Å². The standard InChI is InChI=1S/C60H69N11O11S2.C2HF3O2/c1-57(2,3)80-53(75)59(7,8)82-67-46(48-65-54(61)84-68-48)45(72)32-43-50(73)71-47(52(74)79-35-37-26-28-42(78-10)29-27-37)38(36-83-51(43)71)33-70-34-44(64-55(76)62-30-31-63-56(77)81-58(4,5)6)49(69(70)9)66-60(39-20-14-11-15-21-39,40-22-16-12-17-23-40)41-24-18-13-19-25-41;3-2(4,5)1(6)7/h11-29,34,43,51H,30-33,35-36H2,1-10H3,(H5,61,62,63,64,65,68,76,77);(H,6,7)/b67-46+;/t43-,51-;/m1./s1. The summed E-state index contributed by atoms with van der Waals surface area (Å²) in [5, 5.41) is 24.6. The second-order valence-corrected chi connectivity index (χ2v) is 25.0. The number of carbonyl (C=O) groups is 7. The number of urea groups is 1. The summed E-state index contributed by atoms with van der Waals surface area (Å²) in [5.74, 6) is -5.60. The molecular formula is C62H70F3N11O13S2. The minimum atomic E-state index is -5.19. The van der Waals surface area contributed by atoms with Gasteiger partial charge in [0, 0.05) is 42.4 Å². The fourth-order valence-electron chi connectivity index (χ4n) is 9.28. The number of hydrogen-bond acceptors (Lipinski definition) is 20. The van der Waals surface area contributed by atoms with Gasteiger partial charge in [-0.2, -0.15) is 22.5 Å². The number of nitrogen functional groups attached to an aromatic ring is 1. The summed E-state index contributed by atoms with van der Waals surface area (Å²) >= 11 is 2.17. The third-order valence-electron chi connectivity index (χ3n) is 13.5. The maximum atomic E-state index is 14.8. The van der Waals surface area contributed by atoms with Gasteiger partial charge in [0.1, 0.15) is 40.8 Å². The topological polar surface area (TPSA) is 313 Å². The molecule has 2 aliphatic heterocycles. The number of aliphatic carboxylic acids is 1. The Balaban J connectivity index is 0.00000158. The quantitative estimate of drug-likeness (QED) is 0.00659. The first kappa shape index (κ1) is 69.0. The van der Waals surface area contributed by atoms with Crippen LogP contribution in [-0.2, 0) is 68.8 Å². The molecule has 484 valence electrons. The molecule has 91 heavy (non-hydrogen) atoms. The van der Waals surface area contributed by atoms with E-state index >= 15 is 0 Å². The zero-order valence-electron chi connectivity index (χ0n) is 51.5. The van der Waals surface area contributed by atoms with Gasteiger partial charge in [0.05, 0.1) is 25.4 Å². The van der Waals surface area contributed by atoms with Crippen LogP contribution in [0.1, 0.15) is 89.9 Å². The van der Waals surface area contributed by atoms with Crippen molar-refractivity contribution in [3.05, 3.63) is 161 Å². The Kier molecular flexibility index (Phi) is 22.0. The van der Waals surface area contributed by atoms with Gasteiger partial charge in [-0.05, 0) is 89.8 Å². The molecule has 1 saturated heterocycles. The monoisotopic (exact) mass is 1300 g/mol. The number of β-lactam (4-membered cyclic amide) rings is 1. The van der Waals surface area contributed by atoms with E-state index in [1.807, 2.05) is 103 Å². The molecule has 6 aromatic rings. The Labute approximate surface area is 530 Å². The summed E-state index contributed by atoms with van der Waals surface area (Å²) < 4.78 is 61.6. The number of alkyl halides is 3. The number of benzene rings is 4. The second-order valence-electron chi connectivity index (χ2n) is 23.1. The van der Waals surface area contributed by atoms with Crippen LogP contribution in [0.3, 0.4) is 0 Å². The SMILES string of the molecule is COc1ccc(COC(=O)C2=C(C[n+]3cc(NC(=O)NCCNC(=O)OC(C)(C)C)c(NC(c4ccccc4)(c4ccccc4)c4ccccc4)n3C)CS[C@@H]3[C@H](CC(=O)/C(=N\OC(C)(C)C(=O)OC(C)(C)C)c4nsc(N)n4)C(=O)N23)cc1.O=C([O-])C(F)(F)F. The fourth-order valence-corrected chi connectivity index (χ4v) is 11.1. The maximum Gasteiger partial charge on any atom is 0.430 e. The lowest BCUT2D eigenvalue weighted by atomic mass is 9.77. The molecule has 2 aliphatic rings. The highest BCUT2D eigenvalue weighted by Gasteiger charge is 2.55. The number of rotatable bonds is 22. The van der Waals surface area contributed by atoms with Crippen LogP contribution < -0.4 is 41.5 Å². The van der Waals surface area contributed by atoms with Crippen molar-refractivity contribution >= 4 is 87.4 Å². The van der Waals surface area contributed by atoms with Crippen LogP contribution in [0, 0.1) is 5.92 Å². The number of oxime groups is 1. The van der Waals surface area contributed by atoms with E-state index in [2.05, 4.69) is 35.8 Å². The van der Waals surface area contributed by atoms with Crippen molar-refractivity contribution < 1.29 is 80.3 Å². The first-order valence-electron chi connectivity index (χ1n) is 28.2. The number of Topliss-reactive ketones (excluding diaryl/α,β-unsaturated/α-hetero) is 1. The molecule has 6 N–H and O–H groups in total. The minimum absolute atomic E-state index is 0.00185. The molecule has 24 nitrogen and oxygen atoms in total. The van der Waals surface area contributed by atoms with Gasteiger partial charge in [0.25, 0.3) is 0 Å². The van der Waals surface area contributed by atoms with E-state index in [-0.39, 0.29) is 54.4 Å². The predicted octanol–water partition coefficient (Wildman–Crippen LogP) is 7.13. The van der Waals surface area contributed by atoms with Crippen LogP contribution in [-0.4, -0.2) is 121 Å². The molecule has 4 amide bonds. The Morgan fingerprint density at radius 2 is 1.35 bits per heavy atom. The van der Waals surface area contributed by atoms with Crippen molar-refractivity contribution in [2.75, 3.05) is 42.3 Å². The lowest BCUT2D eigenvalue weighted by Gasteiger charge is -2.49. The van der Waals surface area contributed by atoms with Gasteiger partial charge in [0.15, 0.2) is 34.7 Å². The second kappa shape index (κ2) is 29.0. The van der Waals surface area contributed by atoms with Crippen LogP contribution in [0.15, 0.2) is 138 Å². The first-order valence-corrected chi connectivity index (χ1v) is 30.1. The summed E-state index contributed by atoms with van der Waals surface area (Å²) in [6.45, 7) is 13.2. The van der Waals surface area contributed by atoms with Crippen molar-refractivity contribution in [2.45, 2.75) is 109 Å². The number of aromatic nitrogens is 4. The number of amides is 4. The van der Waals surface area contributed by atoms with Crippen molar-refractivity contribution in [1.82, 2.24) is 29.6 Å². The van der Waals surface area contributed by atoms with E-state index < -0.39 is 88.0 Å². The number of nitrogens with zero attached hydrogens (tertiary/aromatic N) is 6. The molecular weight excluding hydrogens is 1230 g/mol. The molecule has 0 saturated carbocycles. The van der Waals surface area contributed by atoms with Gasteiger partial charge in [-0.25, -0.2) is 19.2 Å². The van der Waals surface area contributed by atoms with E-state index in [9.17, 15) is 41.9 Å². The predicted molar refractivity (Wildman–Crippen MR) is 329 cm³/mol. The van der Waals surface area contributed by atoms with Gasteiger partial charge < -0.3 is 55.4 Å². The average molecular weight is 1300 g/mol. The molecule has 2 aromatic heterocycles. The highest BCUT2D eigenvalue weighted by atomic mass is 32.2. The third-order valence-corrected chi connectivity index (χ3v) is 15.5. The van der Waals surface area contributed by atoms with E-state index in [0.29, 0.717) is 28.4 Å². The summed E-state index contributed by atoms with van der Waals surface area (Å²) in [4.78, 5) is 103. The molecule has 8 rings (SSSR count). The maximum absolute atomic E-state index is 14.8. The highest BCUT2D eigenvalue weighted by molar-refractivity contribution is 8.00. The van der Waals surface area contributed by atoms with E-state index in [0.717, 1.165) is 28.2 Å². The molecule has 0 radical (unpaired) electrons. The van der Waals surface area contributed by atoms with Crippen LogP contribution in [0.5, 0.6) is 5.75 Å². The summed E-state index contributed by atoms with van der Waals surface area (Å²) in [6.07, 6.45) is -4.50. The molecule has 4 aromatic carbocycles. The van der Waals surface area contributed by atoms with Crippen LogP contribution in [0.4, 0.5) is 39.4 Å². The van der Waals surface area contributed by atoms with Gasteiger partial charge in [0.2, 0.25) is 23.5 Å². The van der Waals surface area contributed by atoms with Crippen LogP contribution >= 0.6 is 23.3 Å². The number of ether oxygens (including phenoxy) is 4. The number of thioether (sulfide) groups is 1. The number of nitrogens with one attached hydrogen (secondary N) is 4. The Morgan fingerprint density at radius 1 is 0.802 bits per heavy atom. The number of fused-ring (bicyclic) bond motifs is 1. The minimum Gasteiger partial charge on any atom is -0.542 e. The Morgan fingerprint density at radius 3 is 1.86 bits per heavy atom. The van der Waals surface area contributed by atoms with Crippen LogP contribution in [0.2, 0.25) is 0 Å². The summed E-state index contributed by atoms with van der Waals surface area (Å²) in [7, 11) is 3.35. The van der Waals surface area contributed by atoms with Gasteiger partial charge >= 0.3 is 30.2 Å². The summed E-state index contributed by atoms with van der Waals surface area (Å²) in [5.41, 5.74) is 5.40. The lowest BCUT2D eigenvalue weighted by molar-refractivity contribution is -0.765. The lowest BCUT2D eigenvalue weighted by Crippen LogP contribution is -2.62. The van der Waals surface area contributed by atoms with Crippen LogP contribution in [0.25, 0.3) is 0 Å². The molecule has 2 atom stereocenters. The number of hydrogen-bond donors (Lipinski definition) is 5. The number of halogens is 3. The molecule has 0 bridgehead atoms. The number of carboxylic acid groups (broad SMARTS) is 1. The van der Waals surface area contributed by atoms with E-state index in [1.165, 1.54) is 30.5 Å². The fraction of sp³-hybridized carbons (Fsp3) is 0.371. The zero-order chi connectivity index (χ0) is 66.6. The molecule has 29 heteroatoms. The largest absolute Gasteiger partial charge is 0.542 e. The molecule has 0 spiro atoms. The smallest absolute Gasteiger partial charge is 0.430 e. The number of ketones is 1. The first-order chi connectivity index (χ1) is 42.8. The normalized spacial score (nSPS) is 15.2. The van der Waals surface area contributed by atoms with Gasteiger partial charge in [-0.3, -0.25) is 19.8 Å². The summed E-state index contributed by atoms with van der Waals surface area (Å²) in [6, 6.07) is 36.1. The number of anilines is 3. The molecule has 1 fully saturated rings. The number of carbonyl (C=O) groups excluding carboxylic acids is 7. The molecule has 0 aliphatic carbocycles. The van der Waals surface area contributed by atoms with Crippen molar-refractivity contribution in [3.8, 4) is 5.75 Å². The van der Waals surface area contributed by atoms with Crippen molar-refractivity contribution in [1.29, 1.82) is 0 Å². The average Bonchev–Trinajstić information content (AvgIpc) is 1.24. The Bertz CT molecular complexity index is 3570. The number of methoxy groups -OCH3 is 1. The number of nitrogens with two attached hydrogens (primary N) is 1. The number of alkyl carbamates (subject to hydrolysis) is 1. The molecule has 4 heterocycles. The third kappa shape index (κ3) is 17.7. The molecule has 0 unspecified atom stereocenters. The number of esters is 2.